The van der Waals surface area contributed by atoms with Crippen LogP contribution in [0.3, 0.4) is 0 Å². The highest BCUT2D eigenvalue weighted by Crippen LogP contribution is 2.24. The Morgan fingerprint density at radius 1 is 1.00 bits per heavy atom. The number of hydrogen-bond donors (Lipinski definition) is 0. The highest BCUT2D eigenvalue weighted by atomic mass is 16.6. The van der Waals surface area contributed by atoms with Gasteiger partial charge in [-0.05, 0) is 34.0 Å². The van der Waals surface area contributed by atoms with E-state index in [1.807, 2.05) is 42.5 Å². The van der Waals surface area contributed by atoms with Gasteiger partial charge in [0, 0.05) is 12.1 Å². The fourth-order valence-corrected chi connectivity index (χ4v) is 2.43. The Morgan fingerprint density at radius 3 is 2.52 bits per heavy atom. The van der Waals surface area contributed by atoms with Gasteiger partial charge in [-0.15, -0.1) is 0 Å². The highest BCUT2D eigenvalue weighted by Gasteiger charge is 2.07. The summed E-state index contributed by atoms with van der Waals surface area (Å²) < 4.78 is 0. The van der Waals surface area contributed by atoms with E-state index in [-0.39, 0.29) is 5.69 Å². The van der Waals surface area contributed by atoms with Crippen LogP contribution in [0.1, 0.15) is 11.1 Å². The molecule has 0 aromatic heterocycles. The Balaban J connectivity index is 2.05. The van der Waals surface area contributed by atoms with Gasteiger partial charge in [0.1, 0.15) is 0 Å². The molecule has 0 radical (unpaired) electrons. The first-order valence-electron chi connectivity index (χ1n) is 7.03. The number of nitrogens with zero attached hydrogens (tertiary/aromatic N) is 2. The van der Waals surface area contributed by atoms with E-state index in [1.165, 1.54) is 12.1 Å². The second kappa shape index (κ2) is 6.12. The summed E-state index contributed by atoms with van der Waals surface area (Å²) >= 11 is 0. The molecule has 3 rings (SSSR count). The lowest BCUT2D eigenvalue weighted by Crippen LogP contribution is -1.88. The summed E-state index contributed by atoms with van der Waals surface area (Å²) in [6.07, 6.45) is 1.66. The Bertz CT molecular complexity index is 968. The average molecular weight is 300 g/mol. The third-order valence-corrected chi connectivity index (χ3v) is 3.57. The second-order valence-electron chi connectivity index (χ2n) is 5.08. The molecule has 3 aromatic rings. The van der Waals surface area contributed by atoms with E-state index in [2.05, 4.69) is 6.07 Å². The van der Waals surface area contributed by atoms with Gasteiger partial charge in [0.05, 0.1) is 16.6 Å². The van der Waals surface area contributed by atoms with Gasteiger partial charge in [0.2, 0.25) is 0 Å². The summed E-state index contributed by atoms with van der Waals surface area (Å²) in [6, 6.07) is 22.1. The minimum Gasteiger partial charge on any atom is -0.258 e. The molecular weight excluding hydrogens is 288 g/mol. The van der Waals surface area contributed by atoms with Gasteiger partial charge in [0.15, 0.2) is 0 Å². The molecule has 0 atom stereocenters. The predicted molar refractivity (Wildman–Crippen MR) is 90.5 cm³/mol. The van der Waals surface area contributed by atoms with Crippen LogP contribution in [-0.4, -0.2) is 4.92 Å². The summed E-state index contributed by atoms with van der Waals surface area (Å²) in [6.45, 7) is 0. The minimum absolute atomic E-state index is 0.00884. The first-order valence-corrected chi connectivity index (χ1v) is 7.03. The molecule has 0 spiro atoms. The number of hydrogen-bond acceptors (Lipinski definition) is 3. The minimum atomic E-state index is -0.445. The molecule has 0 fully saturated rings. The molecule has 110 valence electrons. The number of non-ortho nitro benzene ring substituents is 1. The zero-order valence-corrected chi connectivity index (χ0v) is 12.1. The van der Waals surface area contributed by atoms with Gasteiger partial charge in [-0.3, -0.25) is 10.1 Å². The van der Waals surface area contributed by atoms with Crippen molar-refractivity contribution in [3.8, 4) is 6.07 Å². The van der Waals surface area contributed by atoms with Crippen molar-refractivity contribution in [1.82, 2.24) is 0 Å². The predicted octanol–water partition coefficient (Wildman–Crippen LogP) is 4.81. The smallest absolute Gasteiger partial charge is 0.258 e. The fourth-order valence-electron chi connectivity index (χ4n) is 2.43. The zero-order valence-electron chi connectivity index (χ0n) is 12.1. The third-order valence-electron chi connectivity index (χ3n) is 3.57. The number of nitro benzene ring substituents is 1. The van der Waals surface area contributed by atoms with Crippen molar-refractivity contribution < 1.29 is 4.92 Å². The molecule has 4 nitrogen and oxygen atoms in total. The van der Waals surface area contributed by atoms with Crippen molar-refractivity contribution in [3.05, 3.63) is 88.0 Å². The molecular formula is C19H12N2O2. The Kier molecular flexibility index (Phi) is 3.86. The van der Waals surface area contributed by atoms with Crippen molar-refractivity contribution in [3.63, 3.8) is 0 Å². The molecule has 0 amide bonds. The van der Waals surface area contributed by atoms with E-state index in [9.17, 15) is 15.4 Å². The molecule has 0 aliphatic carbocycles. The Labute approximate surface area is 133 Å². The van der Waals surface area contributed by atoms with Crippen LogP contribution in [0.2, 0.25) is 0 Å². The van der Waals surface area contributed by atoms with Crippen LogP contribution >= 0.6 is 0 Å². The van der Waals surface area contributed by atoms with E-state index >= 15 is 0 Å². The second-order valence-corrected chi connectivity index (χ2v) is 5.08. The molecule has 0 saturated carbocycles. The highest BCUT2D eigenvalue weighted by molar-refractivity contribution is 5.94. The van der Waals surface area contributed by atoms with Gasteiger partial charge in [-0.2, -0.15) is 5.26 Å². The SMILES string of the molecule is N#C/C(=C\c1cccc([N+](=O)[O-])c1)c1ccc2ccccc2c1. The van der Waals surface area contributed by atoms with Gasteiger partial charge in [-0.25, -0.2) is 0 Å². The number of benzene rings is 3. The maximum atomic E-state index is 10.8. The maximum Gasteiger partial charge on any atom is 0.270 e. The van der Waals surface area contributed by atoms with E-state index in [0.29, 0.717) is 11.1 Å². The number of rotatable bonds is 3. The van der Waals surface area contributed by atoms with Crippen LogP contribution in [-0.2, 0) is 0 Å². The first-order chi connectivity index (χ1) is 11.2. The summed E-state index contributed by atoms with van der Waals surface area (Å²) in [5.74, 6) is 0. The maximum absolute atomic E-state index is 10.8. The fraction of sp³-hybridized carbons (Fsp3) is 0. The largest absolute Gasteiger partial charge is 0.270 e. The van der Waals surface area contributed by atoms with Crippen LogP contribution in [0.15, 0.2) is 66.7 Å². The number of allylic oxidation sites excluding steroid dienone is 1. The first kappa shape index (κ1) is 14.5. The number of nitro groups is 1. The summed E-state index contributed by atoms with van der Waals surface area (Å²) in [5.41, 5.74) is 1.90. The molecule has 0 N–H and O–H groups in total. The molecule has 0 saturated heterocycles. The van der Waals surface area contributed by atoms with Crippen LogP contribution in [0.4, 0.5) is 5.69 Å². The summed E-state index contributed by atoms with van der Waals surface area (Å²) in [4.78, 5) is 10.4. The molecule has 4 heteroatoms. The van der Waals surface area contributed by atoms with Crippen molar-refractivity contribution in [2.45, 2.75) is 0 Å². The van der Waals surface area contributed by atoms with E-state index in [0.717, 1.165) is 16.3 Å². The lowest BCUT2D eigenvalue weighted by Gasteiger charge is -2.03. The van der Waals surface area contributed by atoms with E-state index in [1.54, 1.807) is 18.2 Å². The van der Waals surface area contributed by atoms with Gasteiger partial charge in [-0.1, -0.05) is 48.5 Å². The van der Waals surface area contributed by atoms with Crippen LogP contribution in [0.25, 0.3) is 22.4 Å². The molecule has 0 heterocycles. The third kappa shape index (κ3) is 3.09. The van der Waals surface area contributed by atoms with Crippen molar-refractivity contribution >= 4 is 28.1 Å². The number of nitriles is 1. The molecule has 23 heavy (non-hydrogen) atoms. The number of fused-ring (bicyclic) bond motifs is 1. The normalized spacial score (nSPS) is 11.2. The zero-order chi connectivity index (χ0) is 16.2. The molecule has 0 unspecified atom stereocenters. The van der Waals surface area contributed by atoms with Gasteiger partial charge in [0.25, 0.3) is 5.69 Å². The lowest BCUT2D eigenvalue weighted by atomic mass is 10.00. The van der Waals surface area contributed by atoms with Crippen molar-refractivity contribution in [2.24, 2.45) is 0 Å². The van der Waals surface area contributed by atoms with Crippen molar-refractivity contribution in [1.29, 1.82) is 5.26 Å². The van der Waals surface area contributed by atoms with E-state index < -0.39 is 4.92 Å². The monoisotopic (exact) mass is 300 g/mol. The van der Waals surface area contributed by atoms with Gasteiger partial charge < -0.3 is 0 Å². The van der Waals surface area contributed by atoms with Crippen LogP contribution in [0, 0.1) is 21.4 Å². The lowest BCUT2D eigenvalue weighted by molar-refractivity contribution is -0.384. The molecule has 0 bridgehead atoms. The topological polar surface area (TPSA) is 66.9 Å². The molecule has 0 aliphatic rings. The average Bonchev–Trinajstić information content (AvgIpc) is 2.59. The molecule has 0 aliphatic heterocycles. The van der Waals surface area contributed by atoms with E-state index in [4.69, 9.17) is 0 Å². The molecule has 3 aromatic carbocycles. The summed E-state index contributed by atoms with van der Waals surface area (Å²) in [7, 11) is 0. The van der Waals surface area contributed by atoms with Gasteiger partial charge >= 0.3 is 0 Å². The van der Waals surface area contributed by atoms with Crippen LogP contribution < -0.4 is 0 Å². The Hall–Kier alpha value is -3.45. The van der Waals surface area contributed by atoms with Crippen LogP contribution in [0.5, 0.6) is 0 Å². The summed E-state index contributed by atoms with van der Waals surface area (Å²) in [5, 5.41) is 22.4. The standard InChI is InChI=1S/C19H12N2O2/c20-13-18(10-14-4-3-7-19(11-14)21(22)23)17-9-8-15-5-1-2-6-16(15)12-17/h1-12H/b18-10+. The Morgan fingerprint density at radius 2 is 1.78 bits per heavy atom. The quantitative estimate of drug-likeness (QED) is 0.301. The van der Waals surface area contributed by atoms with Crippen molar-refractivity contribution in [2.75, 3.05) is 0 Å².